The maximum Gasteiger partial charge on any atom is 0.123 e. The number of nitrogens with zero attached hydrogens (tertiary/aromatic N) is 1. The van der Waals surface area contributed by atoms with Gasteiger partial charge in [0.05, 0.1) is 6.10 Å². The van der Waals surface area contributed by atoms with E-state index < -0.39 is 0 Å². The van der Waals surface area contributed by atoms with Crippen LogP contribution in [0.1, 0.15) is 31.7 Å². The molecule has 1 aromatic rings. The second kappa shape index (κ2) is 6.49. The molecule has 1 aliphatic rings. The van der Waals surface area contributed by atoms with Crippen LogP contribution >= 0.6 is 0 Å². The number of rotatable bonds is 4. The Morgan fingerprint density at radius 3 is 2.63 bits per heavy atom. The standard InChI is InChI=1S/C16H24FNO/c1-12-3-8-16(19)14(9-12)11-18(2)10-13-4-6-15(17)7-5-13/h4-7,12,14,16,19H,3,8-11H2,1-2H3. The van der Waals surface area contributed by atoms with E-state index in [1.807, 2.05) is 12.1 Å². The molecule has 2 nitrogen and oxygen atoms in total. The summed E-state index contributed by atoms with van der Waals surface area (Å²) in [5.41, 5.74) is 1.11. The molecule has 0 bridgehead atoms. The quantitative estimate of drug-likeness (QED) is 0.904. The molecule has 2 rings (SSSR count). The Balaban J connectivity index is 1.86. The highest BCUT2D eigenvalue weighted by Crippen LogP contribution is 2.29. The highest BCUT2D eigenvalue weighted by Gasteiger charge is 2.27. The van der Waals surface area contributed by atoms with Crippen LogP contribution in [0.3, 0.4) is 0 Å². The summed E-state index contributed by atoms with van der Waals surface area (Å²) < 4.78 is 12.8. The van der Waals surface area contributed by atoms with E-state index in [1.54, 1.807) is 0 Å². The van der Waals surface area contributed by atoms with Gasteiger partial charge in [0.25, 0.3) is 0 Å². The molecule has 1 saturated carbocycles. The highest BCUT2D eigenvalue weighted by atomic mass is 19.1. The molecule has 3 unspecified atom stereocenters. The van der Waals surface area contributed by atoms with Gasteiger partial charge in [-0.15, -0.1) is 0 Å². The summed E-state index contributed by atoms with van der Waals surface area (Å²) in [4.78, 5) is 2.22. The summed E-state index contributed by atoms with van der Waals surface area (Å²) in [6.45, 7) is 3.97. The minimum absolute atomic E-state index is 0.160. The van der Waals surface area contributed by atoms with E-state index >= 15 is 0 Å². The maximum absolute atomic E-state index is 12.8. The fraction of sp³-hybridized carbons (Fsp3) is 0.625. The van der Waals surface area contributed by atoms with Crippen LogP contribution in [0, 0.1) is 17.7 Å². The molecule has 0 spiro atoms. The molecule has 1 fully saturated rings. The van der Waals surface area contributed by atoms with Gasteiger partial charge < -0.3 is 10.0 Å². The lowest BCUT2D eigenvalue weighted by Gasteiger charge is -2.34. The molecule has 0 aliphatic heterocycles. The number of aliphatic hydroxyl groups is 1. The Labute approximate surface area is 115 Å². The first-order valence-corrected chi connectivity index (χ1v) is 7.15. The van der Waals surface area contributed by atoms with E-state index in [2.05, 4.69) is 18.9 Å². The largest absolute Gasteiger partial charge is 0.393 e. The first kappa shape index (κ1) is 14.5. The molecule has 1 aliphatic carbocycles. The molecule has 0 heterocycles. The molecular weight excluding hydrogens is 241 g/mol. The molecule has 0 amide bonds. The van der Waals surface area contributed by atoms with Crippen LogP contribution in [0.25, 0.3) is 0 Å². The average Bonchev–Trinajstić information content (AvgIpc) is 2.37. The number of halogens is 1. The highest BCUT2D eigenvalue weighted by molar-refractivity contribution is 5.15. The van der Waals surface area contributed by atoms with Gasteiger partial charge in [-0.25, -0.2) is 4.39 Å². The minimum atomic E-state index is -0.192. The molecule has 1 aromatic carbocycles. The zero-order valence-electron chi connectivity index (χ0n) is 11.8. The van der Waals surface area contributed by atoms with Crippen LogP contribution in [-0.2, 0) is 6.54 Å². The van der Waals surface area contributed by atoms with Gasteiger partial charge in [0.1, 0.15) is 5.82 Å². The third-order valence-corrected chi connectivity index (χ3v) is 4.12. The summed E-state index contributed by atoms with van der Waals surface area (Å²) in [6, 6.07) is 6.65. The van der Waals surface area contributed by atoms with Crippen LogP contribution in [0.4, 0.5) is 4.39 Å². The predicted molar refractivity (Wildman–Crippen MR) is 75.2 cm³/mol. The van der Waals surface area contributed by atoms with Crippen molar-refractivity contribution < 1.29 is 9.50 Å². The van der Waals surface area contributed by atoms with Crippen LogP contribution in [-0.4, -0.2) is 29.7 Å². The van der Waals surface area contributed by atoms with Crippen molar-refractivity contribution in [3.63, 3.8) is 0 Å². The average molecular weight is 265 g/mol. The summed E-state index contributed by atoms with van der Waals surface area (Å²) in [5, 5.41) is 10.1. The maximum atomic E-state index is 12.8. The Kier molecular flexibility index (Phi) is 4.94. The molecular formula is C16H24FNO. The molecule has 1 N–H and O–H groups in total. The first-order chi connectivity index (χ1) is 9.04. The van der Waals surface area contributed by atoms with Crippen molar-refractivity contribution in [3.8, 4) is 0 Å². The van der Waals surface area contributed by atoms with Gasteiger partial charge in [-0.1, -0.05) is 19.1 Å². The first-order valence-electron chi connectivity index (χ1n) is 7.15. The summed E-state index contributed by atoms with van der Waals surface area (Å²) in [7, 11) is 2.06. The van der Waals surface area contributed by atoms with Crippen molar-refractivity contribution in [1.82, 2.24) is 4.90 Å². The summed E-state index contributed by atoms with van der Waals surface area (Å²) >= 11 is 0. The molecule has 0 radical (unpaired) electrons. The van der Waals surface area contributed by atoms with Crippen LogP contribution in [0.15, 0.2) is 24.3 Å². The van der Waals surface area contributed by atoms with Crippen molar-refractivity contribution in [3.05, 3.63) is 35.6 Å². The summed E-state index contributed by atoms with van der Waals surface area (Å²) in [5.74, 6) is 0.893. The minimum Gasteiger partial charge on any atom is -0.393 e. The number of benzene rings is 1. The van der Waals surface area contributed by atoms with E-state index in [0.717, 1.165) is 37.9 Å². The molecule has 3 atom stereocenters. The smallest absolute Gasteiger partial charge is 0.123 e. The fourth-order valence-corrected chi connectivity index (χ4v) is 3.05. The topological polar surface area (TPSA) is 23.5 Å². The SMILES string of the molecule is CC1CCC(O)C(CN(C)Cc2ccc(F)cc2)C1. The van der Waals surface area contributed by atoms with Gasteiger partial charge in [-0.2, -0.15) is 0 Å². The summed E-state index contributed by atoms with van der Waals surface area (Å²) in [6.07, 6.45) is 3.01. The Morgan fingerprint density at radius 2 is 1.95 bits per heavy atom. The lowest BCUT2D eigenvalue weighted by molar-refractivity contribution is 0.0338. The van der Waals surface area contributed by atoms with E-state index in [4.69, 9.17) is 0 Å². The lowest BCUT2D eigenvalue weighted by Crippen LogP contribution is -2.36. The third kappa shape index (κ3) is 4.29. The van der Waals surface area contributed by atoms with Crippen molar-refractivity contribution in [2.45, 2.75) is 38.8 Å². The van der Waals surface area contributed by atoms with Crippen molar-refractivity contribution >= 4 is 0 Å². The Morgan fingerprint density at radius 1 is 1.26 bits per heavy atom. The van der Waals surface area contributed by atoms with Gasteiger partial charge in [-0.3, -0.25) is 0 Å². The van der Waals surface area contributed by atoms with Crippen LogP contribution in [0.5, 0.6) is 0 Å². The number of aliphatic hydroxyl groups excluding tert-OH is 1. The van der Waals surface area contributed by atoms with Gasteiger partial charge in [0.2, 0.25) is 0 Å². The van der Waals surface area contributed by atoms with E-state index in [-0.39, 0.29) is 11.9 Å². The van der Waals surface area contributed by atoms with E-state index in [9.17, 15) is 9.50 Å². The van der Waals surface area contributed by atoms with Crippen molar-refractivity contribution in [1.29, 1.82) is 0 Å². The zero-order chi connectivity index (χ0) is 13.8. The zero-order valence-corrected chi connectivity index (χ0v) is 11.8. The second-order valence-corrected chi connectivity index (χ2v) is 6.07. The van der Waals surface area contributed by atoms with Crippen LogP contribution in [0.2, 0.25) is 0 Å². The molecule has 0 aromatic heterocycles. The van der Waals surface area contributed by atoms with Gasteiger partial charge in [0, 0.05) is 13.1 Å². The van der Waals surface area contributed by atoms with Gasteiger partial charge >= 0.3 is 0 Å². The van der Waals surface area contributed by atoms with Crippen LogP contribution < -0.4 is 0 Å². The van der Waals surface area contributed by atoms with E-state index in [1.165, 1.54) is 12.1 Å². The lowest BCUT2D eigenvalue weighted by atomic mass is 9.80. The third-order valence-electron chi connectivity index (χ3n) is 4.12. The Hall–Kier alpha value is -0.930. The Bertz CT molecular complexity index is 392. The molecule has 106 valence electrons. The molecule has 3 heteroatoms. The fourth-order valence-electron chi connectivity index (χ4n) is 3.05. The molecule has 0 saturated heterocycles. The van der Waals surface area contributed by atoms with Gasteiger partial charge in [0.15, 0.2) is 0 Å². The van der Waals surface area contributed by atoms with Gasteiger partial charge in [-0.05, 0) is 55.8 Å². The normalized spacial score (nSPS) is 27.7. The van der Waals surface area contributed by atoms with E-state index in [0.29, 0.717) is 11.8 Å². The van der Waals surface area contributed by atoms with Crippen molar-refractivity contribution in [2.24, 2.45) is 11.8 Å². The monoisotopic (exact) mass is 265 g/mol. The molecule has 19 heavy (non-hydrogen) atoms. The number of hydrogen-bond donors (Lipinski definition) is 1. The number of hydrogen-bond acceptors (Lipinski definition) is 2. The predicted octanol–water partition coefficient (Wildman–Crippen LogP) is 3.05. The van der Waals surface area contributed by atoms with Crippen molar-refractivity contribution in [2.75, 3.05) is 13.6 Å². The second-order valence-electron chi connectivity index (χ2n) is 6.07.